The van der Waals surface area contributed by atoms with Gasteiger partial charge >= 0.3 is 0 Å². The molecule has 3 heteroatoms. The van der Waals surface area contributed by atoms with Gasteiger partial charge in [0.2, 0.25) is 0 Å². The summed E-state index contributed by atoms with van der Waals surface area (Å²) < 4.78 is 0.992. The lowest BCUT2D eigenvalue weighted by Crippen LogP contribution is -2.09. The molecule has 13 heavy (non-hydrogen) atoms. The number of nitrogens with two attached hydrogens (primary N) is 1. The molecule has 1 aromatic rings. The Hall–Kier alpha value is -0.310. The molecule has 1 atom stereocenters. The predicted octanol–water partition coefficient (Wildman–Crippen LogP) is 3.68. The fourth-order valence-corrected chi connectivity index (χ4v) is 1.83. The maximum atomic E-state index is 5.92. The molecule has 0 bridgehead atoms. The van der Waals surface area contributed by atoms with Gasteiger partial charge in [-0.15, -0.1) is 6.58 Å². The van der Waals surface area contributed by atoms with Gasteiger partial charge in [-0.05, 0) is 30.2 Å². The summed E-state index contributed by atoms with van der Waals surface area (Å²) in [5.74, 6) is 0. The summed E-state index contributed by atoms with van der Waals surface area (Å²) in [7, 11) is 0. The summed E-state index contributed by atoms with van der Waals surface area (Å²) in [5, 5.41) is 0.706. The van der Waals surface area contributed by atoms with Crippen molar-refractivity contribution in [3.05, 3.63) is 45.9 Å². The van der Waals surface area contributed by atoms with E-state index >= 15 is 0 Å². The maximum absolute atomic E-state index is 5.92. The zero-order valence-electron chi connectivity index (χ0n) is 7.13. The number of halogens is 2. The summed E-state index contributed by atoms with van der Waals surface area (Å²) in [4.78, 5) is 0. The van der Waals surface area contributed by atoms with E-state index < -0.39 is 0 Å². The highest BCUT2D eigenvalue weighted by atomic mass is 79.9. The third-order valence-corrected chi connectivity index (χ3v) is 2.74. The molecule has 0 spiro atoms. The highest BCUT2D eigenvalue weighted by Crippen LogP contribution is 2.27. The van der Waals surface area contributed by atoms with Crippen molar-refractivity contribution in [2.45, 2.75) is 12.5 Å². The van der Waals surface area contributed by atoms with Crippen molar-refractivity contribution in [2.75, 3.05) is 0 Å². The maximum Gasteiger partial charge on any atom is 0.0410 e. The molecule has 0 aliphatic rings. The van der Waals surface area contributed by atoms with Crippen LogP contribution in [0.25, 0.3) is 0 Å². The standard InChI is InChI=1S/C10H11BrClN/c1-2-3-10(13)8-6-7(12)4-5-9(8)11/h2,4-6,10H,1,3,13H2/t10-/m1/s1. The van der Waals surface area contributed by atoms with E-state index in [4.69, 9.17) is 17.3 Å². The Morgan fingerprint density at radius 1 is 1.62 bits per heavy atom. The first-order valence-electron chi connectivity index (χ1n) is 3.96. The third kappa shape index (κ3) is 2.83. The molecular weight excluding hydrogens is 249 g/mol. The second kappa shape index (κ2) is 4.80. The van der Waals surface area contributed by atoms with Crippen LogP contribution in [0.15, 0.2) is 35.3 Å². The second-order valence-electron chi connectivity index (χ2n) is 2.80. The average Bonchev–Trinajstić information content (AvgIpc) is 2.09. The van der Waals surface area contributed by atoms with Crippen LogP contribution in [0.2, 0.25) is 5.02 Å². The minimum Gasteiger partial charge on any atom is -0.324 e. The minimum atomic E-state index is -0.0365. The fourth-order valence-electron chi connectivity index (χ4n) is 1.11. The molecular formula is C10H11BrClN. The van der Waals surface area contributed by atoms with Crippen LogP contribution in [-0.4, -0.2) is 0 Å². The molecule has 0 saturated heterocycles. The lowest BCUT2D eigenvalue weighted by Gasteiger charge is -2.11. The van der Waals surface area contributed by atoms with Crippen LogP contribution in [0, 0.1) is 0 Å². The van der Waals surface area contributed by atoms with Crippen LogP contribution < -0.4 is 5.73 Å². The van der Waals surface area contributed by atoms with E-state index in [1.807, 2.05) is 18.2 Å². The Morgan fingerprint density at radius 3 is 2.92 bits per heavy atom. The molecule has 0 unspecified atom stereocenters. The van der Waals surface area contributed by atoms with Gasteiger partial charge in [-0.1, -0.05) is 33.6 Å². The highest BCUT2D eigenvalue weighted by Gasteiger charge is 2.08. The van der Waals surface area contributed by atoms with E-state index in [1.165, 1.54) is 0 Å². The molecule has 70 valence electrons. The number of hydrogen-bond donors (Lipinski definition) is 1. The van der Waals surface area contributed by atoms with Gasteiger partial charge in [-0.2, -0.15) is 0 Å². The van der Waals surface area contributed by atoms with E-state index in [1.54, 1.807) is 6.08 Å². The van der Waals surface area contributed by atoms with Gasteiger partial charge in [0.25, 0.3) is 0 Å². The van der Waals surface area contributed by atoms with Crippen LogP contribution in [0.4, 0.5) is 0 Å². The highest BCUT2D eigenvalue weighted by molar-refractivity contribution is 9.10. The molecule has 1 rings (SSSR count). The number of benzene rings is 1. The van der Waals surface area contributed by atoms with Gasteiger partial charge in [0.1, 0.15) is 0 Å². The SMILES string of the molecule is C=CC[C@@H](N)c1cc(Cl)ccc1Br. The van der Waals surface area contributed by atoms with Crippen molar-refractivity contribution in [3.63, 3.8) is 0 Å². The van der Waals surface area contributed by atoms with Crippen LogP contribution in [-0.2, 0) is 0 Å². The predicted molar refractivity (Wildman–Crippen MR) is 60.9 cm³/mol. The summed E-state index contributed by atoms with van der Waals surface area (Å²) in [6.45, 7) is 3.65. The average molecular weight is 261 g/mol. The van der Waals surface area contributed by atoms with Crippen molar-refractivity contribution < 1.29 is 0 Å². The largest absolute Gasteiger partial charge is 0.324 e. The van der Waals surface area contributed by atoms with Crippen molar-refractivity contribution >= 4 is 27.5 Å². The lowest BCUT2D eigenvalue weighted by atomic mass is 10.1. The first kappa shape index (κ1) is 10.8. The summed E-state index contributed by atoms with van der Waals surface area (Å²) in [5.41, 5.74) is 6.94. The van der Waals surface area contributed by atoms with Gasteiger partial charge in [0.05, 0.1) is 0 Å². The first-order valence-corrected chi connectivity index (χ1v) is 5.13. The molecule has 0 aliphatic carbocycles. The summed E-state index contributed by atoms with van der Waals surface area (Å²) >= 11 is 9.29. The summed E-state index contributed by atoms with van der Waals surface area (Å²) in [6.07, 6.45) is 2.55. The Morgan fingerprint density at radius 2 is 2.31 bits per heavy atom. The first-order chi connectivity index (χ1) is 6.15. The van der Waals surface area contributed by atoms with Crippen molar-refractivity contribution in [2.24, 2.45) is 5.73 Å². The van der Waals surface area contributed by atoms with Crippen LogP contribution in [0.1, 0.15) is 18.0 Å². The van der Waals surface area contributed by atoms with Crippen molar-refractivity contribution in [3.8, 4) is 0 Å². The van der Waals surface area contributed by atoms with Gasteiger partial charge in [-0.25, -0.2) is 0 Å². The fraction of sp³-hybridized carbons (Fsp3) is 0.200. The van der Waals surface area contributed by atoms with Crippen LogP contribution in [0.3, 0.4) is 0 Å². The van der Waals surface area contributed by atoms with Crippen LogP contribution in [0.5, 0.6) is 0 Å². The van der Waals surface area contributed by atoms with Gasteiger partial charge in [0.15, 0.2) is 0 Å². The molecule has 0 aromatic heterocycles. The molecule has 0 saturated carbocycles. The lowest BCUT2D eigenvalue weighted by molar-refractivity contribution is 0.738. The van der Waals surface area contributed by atoms with Crippen molar-refractivity contribution in [1.82, 2.24) is 0 Å². The van der Waals surface area contributed by atoms with E-state index in [-0.39, 0.29) is 6.04 Å². The van der Waals surface area contributed by atoms with Crippen LogP contribution >= 0.6 is 27.5 Å². The Balaban J connectivity index is 2.97. The normalized spacial score (nSPS) is 12.5. The third-order valence-electron chi connectivity index (χ3n) is 1.78. The molecule has 0 heterocycles. The molecule has 2 N–H and O–H groups in total. The Labute approximate surface area is 91.7 Å². The van der Waals surface area contributed by atoms with Gasteiger partial charge in [-0.3, -0.25) is 0 Å². The minimum absolute atomic E-state index is 0.0365. The molecule has 0 fully saturated rings. The van der Waals surface area contributed by atoms with E-state index in [2.05, 4.69) is 22.5 Å². The second-order valence-corrected chi connectivity index (χ2v) is 4.09. The zero-order chi connectivity index (χ0) is 9.84. The van der Waals surface area contributed by atoms with E-state index in [0.717, 1.165) is 16.5 Å². The van der Waals surface area contributed by atoms with Crippen molar-refractivity contribution in [1.29, 1.82) is 0 Å². The molecule has 0 amide bonds. The molecule has 1 aromatic carbocycles. The van der Waals surface area contributed by atoms with E-state index in [0.29, 0.717) is 5.02 Å². The van der Waals surface area contributed by atoms with Gasteiger partial charge < -0.3 is 5.73 Å². The summed E-state index contributed by atoms with van der Waals surface area (Å²) in [6, 6.07) is 5.57. The Kier molecular flexibility index (Phi) is 3.97. The quantitative estimate of drug-likeness (QED) is 0.825. The monoisotopic (exact) mass is 259 g/mol. The smallest absolute Gasteiger partial charge is 0.0410 e. The molecule has 0 aliphatic heterocycles. The number of rotatable bonds is 3. The molecule has 0 radical (unpaired) electrons. The molecule has 1 nitrogen and oxygen atoms in total. The topological polar surface area (TPSA) is 26.0 Å². The number of hydrogen-bond acceptors (Lipinski definition) is 1. The zero-order valence-corrected chi connectivity index (χ0v) is 9.48. The van der Waals surface area contributed by atoms with E-state index in [9.17, 15) is 0 Å². The Bertz CT molecular complexity index is 312. The van der Waals surface area contributed by atoms with Gasteiger partial charge in [0, 0.05) is 15.5 Å².